The second-order valence-corrected chi connectivity index (χ2v) is 6.86. The van der Waals surface area contributed by atoms with E-state index >= 15 is 0 Å². The number of hydrogen-bond donors (Lipinski definition) is 0. The zero-order valence-corrected chi connectivity index (χ0v) is 15.3. The summed E-state index contributed by atoms with van der Waals surface area (Å²) in [6.07, 6.45) is 2.01. The van der Waals surface area contributed by atoms with Crippen LogP contribution < -0.4 is 5.76 Å². The quantitative estimate of drug-likeness (QED) is 0.608. The first-order chi connectivity index (χ1) is 12.0. The van der Waals surface area contributed by atoms with Gasteiger partial charge >= 0.3 is 5.76 Å². The standard InChI is InChI=1S/C21H26N2O2/c1-16-10-11-18(17(2)14-16)15-22(3)12-6-7-13-23-19-8-4-5-9-20(19)25-21(23)24/h4-5,8-11,14H,6-7,12-13,15H2,1-3H3. The van der Waals surface area contributed by atoms with Gasteiger partial charge in [0.2, 0.25) is 0 Å². The fourth-order valence-electron chi connectivity index (χ4n) is 3.27. The lowest BCUT2D eigenvalue weighted by molar-refractivity contribution is 0.314. The highest BCUT2D eigenvalue weighted by Crippen LogP contribution is 2.14. The van der Waals surface area contributed by atoms with E-state index in [1.807, 2.05) is 24.3 Å². The van der Waals surface area contributed by atoms with Crippen LogP contribution in [0.1, 0.15) is 29.5 Å². The second-order valence-electron chi connectivity index (χ2n) is 6.86. The normalized spacial score (nSPS) is 11.5. The Morgan fingerprint density at radius 1 is 1.08 bits per heavy atom. The van der Waals surface area contributed by atoms with Crippen molar-refractivity contribution in [1.82, 2.24) is 9.47 Å². The van der Waals surface area contributed by atoms with E-state index in [1.54, 1.807) is 4.57 Å². The van der Waals surface area contributed by atoms with Crippen LogP contribution in [0.2, 0.25) is 0 Å². The van der Waals surface area contributed by atoms with Gasteiger partial charge in [-0.3, -0.25) is 4.57 Å². The summed E-state index contributed by atoms with van der Waals surface area (Å²) in [6.45, 7) is 6.97. The van der Waals surface area contributed by atoms with Crippen molar-refractivity contribution in [2.75, 3.05) is 13.6 Å². The average Bonchev–Trinajstić information content (AvgIpc) is 2.90. The van der Waals surface area contributed by atoms with Crippen molar-refractivity contribution in [3.05, 3.63) is 69.7 Å². The van der Waals surface area contributed by atoms with Crippen LogP contribution >= 0.6 is 0 Å². The maximum atomic E-state index is 12.0. The van der Waals surface area contributed by atoms with Crippen molar-refractivity contribution >= 4 is 11.1 Å². The fraction of sp³-hybridized carbons (Fsp3) is 0.381. The molecule has 4 nitrogen and oxygen atoms in total. The van der Waals surface area contributed by atoms with Crippen molar-refractivity contribution < 1.29 is 4.42 Å². The summed E-state index contributed by atoms with van der Waals surface area (Å²) in [7, 11) is 2.15. The molecule has 0 aliphatic carbocycles. The van der Waals surface area contributed by atoms with Crippen molar-refractivity contribution in [2.24, 2.45) is 0 Å². The Kier molecular flexibility index (Phi) is 5.39. The third-order valence-electron chi connectivity index (χ3n) is 4.68. The number of oxazole rings is 1. The summed E-state index contributed by atoms with van der Waals surface area (Å²) in [5.41, 5.74) is 5.59. The van der Waals surface area contributed by atoms with Crippen molar-refractivity contribution in [3.8, 4) is 0 Å². The molecule has 0 unspecified atom stereocenters. The topological polar surface area (TPSA) is 38.4 Å². The van der Waals surface area contributed by atoms with Crippen molar-refractivity contribution in [1.29, 1.82) is 0 Å². The largest absolute Gasteiger partial charge is 0.419 e. The van der Waals surface area contributed by atoms with Crippen LogP contribution in [0.4, 0.5) is 0 Å². The Hall–Kier alpha value is -2.33. The first-order valence-electron chi connectivity index (χ1n) is 8.87. The fourth-order valence-corrected chi connectivity index (χ4v) is 3.27. The van der Waals surface area contributed by atoms with Gasteiger partial charge in [-0.2, -0.15) is 0 Å². The number of aryl methyl sites for hydroxylation is 3. The second kappa shape index (κ2) is 7.70. The highest BCUT2D eigenvalue weighted by molar-refractivity contribution is 5.72. The minimum Gasteiger partial charge on any atom is -0.408 e. The molecule has 1 heterocycles. The smallest absolute Gasteiger partial charge is 0.408 e. The van der Waals surface area contributed by atoms with E-state index in [9.17, 15) is 4.79 Å². The SMILES string of the molecule is Cc1ccc(CN(C)CCCCn2c(=O)oc3ccccc32)c(C)c1. The van der Waals surface area contributed by atoms with E-state index in [0.717, 1.165) is 31.4 Å². The molecule has 0 aliphatic heterocycles. The number of fused-ring (bicyclic) bond motifs is 1. The lowest BCUT2D eigenvalue weighted by atomic mass is 10.1. The molecule has 0 atom stereocenters. The highest BCUT2D eigenvalue weighted by atomic mass is 16.4. The van der Waals surface area contributed by atoms with E-state index in [0.29, 0.717) is 12.1 Å². The molecule has 0 amide bonds. The molecular formula is C21H26N2O2. The molecule has 3 rings (SSSR count). The van der Waals surface area contributed by atoms with Gasteiger partial charge in [-0.05, 0) is 63.5 Å². The highest BCUT2D eigenvalue weighted by Gasteiger charge is 2.08. The van der Waals surface area contributed by atoms with Gasteiger partial charge in [0.15, 0.2) is 5.58 Å². The molecule has 0 bridgehead atoms. The number of aromatic nitrogens is 1. The van der Waals surface area contributed by atoms with Crippen molar-refractivity contribution in [3.63, 3.8) is 0 Å². The molecule has 0 saturated carbocycles. The average molecular weight is 338 g/mol. The van der Waals surface area contributed by atoms with Gasteiger partial charge in [-0.15, -0.1) is 0 Å². The molecule has 0 saturated heterocycles. The molecule has 0 aliphatic rings. The summed E-state index contributed by atoms with van der Waals surface area (Å²) in [5, 5.41) is 0. The van der Waals surface area contributed by atoms with Crippen LogP contribution in [-0.4, -0.2) is 23.1 Å². The minimum absolute atomic E-state index is 0.259. The summed E-state index contributed by atoms with van der Waals surface area (Å²) < 4.78 is 7.01. The molecule has 0 spiro atoms. The Labute approximate surface area is 148 Å². The van der Waals surface area contributed by atoms with Crippen LogP contribution in [-0.2, 0) is 13.1 Å². The first-order valence-corrected chi connectivity index (χ1v) is 8.87. The maximum absolute atomic E-state index is 12.0. The Balaban J connectivity index is 1.51. The Bertz CT molecular complexity index is 908. The third kappa shape index (κ3) is 4.20. The number of para-hydroxylation sites is 2. The summed E-state index contributed by atoms with van der Waals surface area (Å²) in [6, 6.07) is 14.2. The molecule has 25 heavy (non-hydrogen) atoms. The minimum atomic E-state index is -0.259. The van der Waals surface area contributed by atoms with E-state index in [2.05, 4.69) is 44.0 Å². The Morgan fingerprint density at radius 2 is 1.88 bits per heavy atom. The predicted molar refractivity (Wildman–Crippen MR) is 102 cm³/mol. The van der Waals surface area contributed by atoms with Crippen LogP contribution in [0.15, 0.2) is 51.7 Å². The van der Waals surface area contributed by atoms with Gasteiger partial charge in [-0.25, -0.2) is 4.79 Å². The van der Waals surface area contributed by atoms with Gasteiger partial charge in [0.1, 0.15) is 0 Å². The number of rotatable bonds is 7. The van der Waals surface area contributed by atoms with E-state index < -0.39 is 0 Å². The molecule has 0 fully saturated rings. The van der Waals surface area contributed by atoms with Gasteiger partial charge < -0.3 is 9.32 Å². The van der Waals surface area contributed by atoms with E-state index in [1.165, 1.54) is 16.7 Å². The number of unbranched alkanes of at least 4 members (excludes halogenated alkanes) is 1. The lowest BCUT2D eigenvalue weighted by Crippen LogP contribution is -2.21. The molecule has 3 aromatic rings. The number of nitrogens with zero attached hydrogens (tertiary/aromatic N) is 2. The third-order valence-corrected chi connectivity index (χ3v) is 4.68. The van der Waals surface area contributed by atoms with Gasteiger partial charge in [0.25, 0.3) is 0 Å². The molecule has 0 N–H and O–H groups in total. The molecule has 132 valence electrons. The van der Waals surface area contributed by atoms with Crippen LogP contribution in [0, 0.1) is 13.8 Å². The zero-order chi connectivity index (χ0) is 17.8. The monoisotopic (exact) mass is 338 g/mol. The van der Waals surface area contributed by atoms with Gasteiger partial charge in [0, 0.05) is 13.1 Å². The number of hydrogen-bond acceptors (Lipinski definition) is 3. The van der Waals surface area contributed by atoms with Gasteiger partial charge in [-0.1, -0.05) is 35.9 Å². The predicted octanol–water partition coefficient (Wildman–Crippen LogP) is 4.12. The van der Waals surface area contributed by atoms with E-state index in [4.69, 9.17) is 4.42 Å². The zero-order valence-electron chi connectivity index (χ0n) is 15.3. The van der Waals surface area contributed by atoms with Crippen LogP contribution in [0.5, 0.6) is 0 Å². The Morgan fingerprint density at radius 3 is 2.68 bits per heavy atom. The molecule has 4 heteroatoms. The van der Waals surface area contributed by atoms with E-state index in [-0.39, 0.29) is 5.76 Å². The lowest BCUT2D eigenvalue weighted by Gasteiger charge is -2.18. The molecule has 2 aromatic carbocycles. The maximum Gasteiger partial charge on any atom is 0.419 e. The van der Waals surface area contributed by atoms with Crippen LogP contribution in [0.3, 0.4) is 0 Å². The molecular weight excluding hydrogens is 312 g/mol. The van der Waals surface area contributed by atoms with Crippen molar-refractivity contribution in [2.45, 2.75) is 39.8 Å². The molecule has 0 radical (unpaired) electrons. The summed E-state index contributed by atoms with van der Waals surface area (Å²) in [4.78, 5) is 14.3. The summed E-state index contributed by atoms with van der Waals surface area (Å²) in [5.74, 6) is -0.259. The number of benzene rings is 2. The molecule has 1 aromatic heterocycles. The summed E-state index contributed by atoms with van der Waals surface area (Å²) >= 11 is 0. The van der Waals surface area contributed by atoms with Gasteiger partial charge in [0.05, 0.1) is 5.52 Å². The first kappa shape index (κ1) is 17.5. The van der Waals surface area contributed by atoms with Crippen LogP contribution in [0.25, 0.3) is 11.1 Å².